The van der Waals surface area contributed by atoms with Gasteiger partial charge >= 0.3 is 6.09 Å². The van der Waals surface area contributed by atoms with E-state index in [-0.39, 0.29) is 12.3 Å². The predicted molar refractivity (Wildman–Crippen MR) is 77.2 cm³/mol. The number of nitrogens with two attached hydrogens (primary N) is 1. The van der Waals surface area contributed by atoms with Gasteiger partial charge in [-0.25, -0.2) is 4.79 Å². The Balaban J connectivity index is 2.31. The SMILES string of the molecule is Cc1cc2c(NCCOC(N)=O)ccc([N+](=O)[O-])c2cn1. The first-order chi connectivity index (χ1) is 9.99. The van der Waals surface area contributed by atoms with Crippen LogP contribution in [0.1, 0.15) is 5.69 Å². The monoisotopic (exact) mass is 290 g/mol. The van der Waals surface area contributed by atoms with Gasteiger partial charge in [-0.05, 0) is 19.1 Å². The van der Waals surface area contributed by atoms with E-state index < -0.39 is 11.0 Å². The third-order valence-corrected chi connectivity index (χ3v) is 2.87. The molecular weight excluding hydrogens is 276 g/mol. The Hall–Kier alpha value is -2.90. The summed E-state index contributed by atoms with van der Waals surface area (Å²) in [6.07, 6.45) is 0.638. The highest BCUT2D eigenvalue weighted by Crippen LogP contribution is 2.31. The summed E-state index contributed by atoms with van der Waals surface area (Å²) in [5.74, 6) is 0. The average Bonchev–Trinajstić information content (AvgIpc) is 2.42. The molecule has 0 aliphatic heterocycles. The van der Waals surface area contributed by atoms with Gasteiger partial charge in [0.1, 0.15) is 6.61 Å². The minimum Gasteiger partial charge on any atom is -0.448 e. The van der Waals surface area contributed by atoms with Crippen molar-refractivity contribution in [2.75, 3.05) is 18.5 Å². The van der Waals surface area contributed by atoms with Crippen molar-refractivity contribution in [2.24, 2.45) is 5.73 Å². The Morgan fingerprint density at radius 3 is 2.90 bits per heavy atom. The molecule has 8 nitrogen and oxygen atoms in total. The van der Waals surface area contributed by atoms with Crippen LogP contribution in [0.25, 0.3) is 10.8 Å². The van der Waals surface area contributed by atoms with E-state index in [1.54, 1.807) is 19.1 Å². The number of hydrogen-bond acceptors (Lipinski definition) is 6. The second-order valence-electron chi connectivity index (χ2n) is 4.35. The highest BCUT2D eigenvalue weighted by atomic mass is 16.6. The number of anilines is 1. The number of nitro groups is 1. The van der Waals surface area contributed by atoms with E-state index in [2.05, 4.69) is 15.0 Å². The maximum Gasteiger partial charge on any atom is 0.404 e. The lowest BCUT2D eigenvalue weighted by Gasteiger charge is -2.10. The Morgan fingerprint density at radius 1 is 1.48 bits per heavy atom. The van der Waals surface area contributed by atoms with E-state index in [1.165, 1.54) is 12.3 Å². The number of carbonyl (C=O) groups is 1. The van der Waals surface area contributed by atoms with Gasteiger partial charge in [0.2, 0.25) is 0 Å². The molecule has 0 spiro atoms. The number of nitro benzene ring substituents is 1. The molecule has 1 heterocycles. The van der Waals surface area contributed by atoms with Crippen molar-refractivity contribution in [3.63, 3.8) is 0 Å². The van der Waals surface area contributed by atoms with Gasteiger partial charge in [-0.1, -0.05) is 0 Å². The predicted octanol–water partition coefficient (Wildman–Crippen LogP) is 1.96. The van der Waals surface area contributed by atoms with Crippen LogP contribution in [0.2, 0.25) is 0 Å². The molecule has 1 aromatic heterocycles. The van der Waals surface area contributed by atoms with E-state index in [4.69, 9.17) is 5.73 Å². The average molecular weight is 290 g/mol. The highest BCUT2D eigenvalue weighted by Gasteiger charge is 2.14. The van der Waals surface area contributed by atoms with Crippen LogP contribution < -0.4 is 11.1 Å². The normalized spacial score (nSPS) is 10.3. The first kappa shape index (κ1) is 14.5. The number of fused-ring (bicyclic) bond motifs is 1. The number of benzene rings is 1. The van der Waals surface area contributed by atoms with Crippen molar-refractivity contribution in [1.29, 1.82) is 0 Å². The van der Waals surface area contributed by atoms with Crippen molar-refractivity contribution in [3.05, 3.63) is 40.2 Å². The number of ether oxygens (including phenoxy) is 1. The van der Waals surface area contributed by atoms with Crippen LogP contribution in [-0.4, -0.2) is 29.2 Å². The fraction of sp³-hybridized carbons (Fsp3) is 0.231. The van der Waals surface area contributed by atoms with Crippen LogP contribution in [0.3, 0.4) is 0 Å². The summed E-state index contributed by atoms with van der Waals surface area (Å²) in [7, 11) is 0. The van der Waals surface area contributed by atoms with Crippen LogP contribution in [0.5, 0.6) is 0 Å². The number of aromatic nitrogens is 1. The minimum atomic E-state index is -0.842. The molecule has 1 aromatic carbocycles. The molecule has 0 saturated heterocycles. The van der Waals surface area contributed by atoms with Crippen LogP contribution >= 0.6 is 0 Å². The third kappa shape index (κ3) is 3.35. The van der Waals surface area contributed by atoms with Gasteiger partial charge < -0.3 is 15.8 Å². The third-order valence-electron chi connectivity index (χ3n) is 2.87. The number of hydrogen-bond donors (Lipinski definition) is 2. The molecule has 2 rings (SSSR count). The Kier molecular flexibility index (Phi) is 4.17. The number of rotatable bonds is 5. The van der Waals surface area contributed by atoms with Crippen LogP contribution in [0.4, 0.5) is 16.2 Å². The second-order valence-corrected chi connectivity index (χ2v) is 4.35. The minimum absolute atomic E-state index is 0.00330. The summed E-state index contributed by atoms with van der Waals surface area (Å²) in [4.78, 5) is 25.2. The molecule has 110 valence electrons. The number of carbonyl (C=O) groups excluding carboxylic acids is 1. The number of primary amides is 1. The van der Waals surface area contributed by atoms with Crippen LogP contribution in [0, 0.1) is 17.0 Å². The summed E-state index contributed by atoms with van der Waals surface area (Å²) in [5.41, 5.74) is 6.31. The van der Waals surface area contributed by atoms with Gasteiger partial charge in [-0.2, -0.15) is 0 Å². The zero-order valence-corrected chi connectivity index (χ0v) is 11.3. The molecule has 2 aromatic rings. The molecule has 0 unspecified atom stereocenters. The molecule has 0 aliphatic carbocycles. The standard InChI is InChI=1S/C13H14N4O4/c1-8-6-9-10(7-16-8)12(17(19)20)3-2-11(9)15-4-5-21-13(14)18/h2-3,6-7,15H,4-5H2,1H3,(H2,14,18). The molecule has 0 fully saturated rings. The zero-order chi connectivity index (χ0) is 15.4. The number of nitrogens with zero attached hydrogens (tertiary/aromatic N) is 2. The topological polar surface area (TPSA) is 120 Å². The van der Waals surface area contributed by atoms with Crippen molar-refractivity contribution in [1.82, 2.24) is 4.98 Å². The Bertz CT molecular complexity index is 702. The quantitative estimate of drug-likeness (QED) is 0.493. The number of amides is 1. The fourth-order valence-electron chi connectivity index (χ4n) is 1.98. The lowest BCUT2D eigenvalue weighted by molar-refractivity contribution is -0.383. The van der Waals surface area contributed by atoms with E-state index in [0.717, 1.165) is 5.69 Å². The van der Waals surface area contributed by atoms with Gasteiger partial charge in [0.15, 0.2) is 0 Å². The Labute approximate surface area is 120 Å². The van der Waals surface area contributed by atoms with Crippen molar-refractivity contribution >= 4 is 28.2 Å². The molecule has 1 amide bonds. The number of pyridine rings is 1. The first-order valence-electron chi connectivity index (χ1n) is 6.19. The van der Waals surface area contributed by atoms with E-state index in [0.29, 0.717) is 23.0 Å². The summed E-state index contributed by atoms with van der Waals surface area (Å²) in [5, 5.41) is 15.2. The van der Waals surface area contributed by atoms with Crippen molar-refractivity contribution in [2.45, 2.75) is 6.92 Å². The maximum atomic E-state index is 11.0. The van der Waals surface area contributed by atoms with Gasteiger partial charge in [-0.15, -0.1) is 0 Å². The van der Waals surface area contributed by atoms with E-state index in [1.807, 2.05) is 0 Å². The largest absolute Gasteiger partial charge is 0.448 e. The lowest BCUT2D eigenvalue weighted by atomic mass is 10.1. The van der Waals surface area contributed by atoms with Crippen molar-refractivity contribution in [3.8, 4) is 0 Å². The number of non-ortho nitro benzene ring substituents is 1. The molecule has 0 saturated carbocycles. The van der Waals surface area contributed by atoms with Gasteiger partial charge in [0.25, 0.3) is 5.69 Å². The molecule has 0 aliphatic rings. The Morgan fingerprint density at radius 2 is 2.24 bits per heavy atom. The van der Waals surface area contributed by atoms with Gasteiger partial charge in [0, 0.05) is 35.6 Å². The van der Waals surface area contributed by atoms with Gasteiger partial charge in [0.05, 0.1) is 10.3 Å². The van der Waals surface area contributed by atoms with Crippen LogP contribution in [0.15, 0.2) is 24.4 Å². The second kappa shape index (κ2) is 6.04. The number of nitrogens with one attached hydrogen (secondary N) is 1. The molecule has 21 heavy (non-hydrogen) atoms. The van der Waals surface area contributed by atoms with E-state index in [9.17, 15) is 14.9 Å². The smallest absolute Gasteiger partial charge is 0.404 e. The highest BCUT2D eigenvalue weighted by molar-refractivity contribution is 5.99. The first-order valence-corrected chi connectivity index (χ1v) is 6.19. The van der Waals surface area contributed by atoms with Crippen molar-refractivity contribution < 1.29 is 14.5 Å². The fourth-order valence-corrected chi connectivity index (χ4v) is 1.98. The van der Waals surface area contributed by atoms with Gasteiger partial charge in [-0.3, -0.25) is 15.1 Å². The molecule has 8 heteroatoms. The molecule has 0 bridgehead atoms. The van der Waals surface area contributed by atoms with E-state index >= 15 is 0 Å². The van der Waals surface area contributed by atoms with Crippen LogP contribution in [-0.2, 0) is 4.74 Å². The summed E-state index contributed by atoms with van der Waals surface area (Å²) < 4.78 is 4.62. The lowest BCUT2D eigenvalue weighted by Crippen LogP contribution is -2.18. The molecular formula is C13H14N4O4. The molecule has 0 radical (unpaired) electrons. The zero-order valence-electron chi connectivity index (χ0n) is 11.3. The molecule has 0 atom stereocenters. The summed E-state index contributed by atoms with van der Waals surface area (Å²) in [6, 6.07) is 4.79. The number of aryl methyl sites for hydroxylation is 1. The summed E-state index contributed by atoms with van der Waals surface area (Å²) >= 11 is 0. The molecule has 3 N–H and O–H groups in total. The maximum absolute atomic E-state index is 11.0. The summed E-state index contributed by atoms with van der Waals surface area (Å²) in [6.45, 7) is 2.26.